The Morgan fingerprint density at radius 2 is 1.59 bits per heavy atom. The highest BCUT2D eigenvalue weighted by molar-refractivity contribution is 14.1. The van der Waals surface area contributed by atoms with Crippen molar-refractivity contribution in [2.45, 2.75) is 12.5 Å². The van der Waals surface area contributed by atoms with E-state index < -0.39 is 6.10 Å². The Labute approximate surface area is 120 Å². The zero-order chi connectivity index (χ0) is 12.3. The first kappa shape index (κ1) is 12.9. The molecule has 2 aromatic rings. The van der Waals surface area contributed by atoms with Crippen LogP contribution in [0.25, 0.3) is 0 Å². The van der Waals surface area contributed by atoms with Crippen LogP contribution in [0.1, 0.15) is 17.2 Å². The van der Waals surface area contributed by atoms with Gasteiger partial charge in [-0.1, -0.05) is 35.9 Å². The fourth-order valence-electron chi connectivity index (χ4n) is 1.65. The van der Waals surface area contributed by atoms with Gasteiger partial charge in [-0.25, -0.2) is 0 Å². The maximum Gasteiger partial charge on any atom is 0.0830 e. The molecule has 17 heavy (non-hydrogen) atoms. The summed E-state index contributed by atoms with van der Waals surface area (Å²) in [6.07, 6.45) is 0.144. The maximum atomic E-state index is 10.1. The highest BCUT2D eigenvalue weighted by Crippen LogP contribution is 2.20. The summed E-state index contributed by atoms with van der Waals surface area (Å²) in [5.74, 6) is 0. The molecule has 1 atom stereocenters. The van der Waals surface area contributed by atoms with Crippen molar-refractivity contribution in [3.8, 4) is 0 Å². The Hall–Kier alpha value is -0.580. The van der Waals surface area contributed by atoms with Crippen LogP contribution in [-0.2, 0) is 6.42 Å². The van der Waals surface area contributed by atoms with Crippen molar-refractivity contribution in [3.63, 3.8) is 0 Å². The van der Waals surface area contributed by atoms with Gasteiger partial charge in [-0.2, -0.15) is 0 Å². The molecular weight excluding hydrogens is 347 g/mol. The van der Waals surface area contributed by atoms with Crippen LogP contribution in [0.15, 0.2) is 48.5 Å². The van der Waals surface area contributed by atoms with E-state index in [0.29, 0.717) is 6.42 Å². The molecule has 0 saturated heterocycles. The first-order chi connectivity index (χ1) is 8.15. The van der Waals surface area contributed by atoms with E-state index in [2.05, 4.69) is 22.6 Å². The number of halogens is 2. The SMILES string of the molecule is OC(Cc1ccc(Cl)cc1)c1ccc(I)cc1. The van der Waals surface area contributed by atoms with Gasteiger partial charge in [0.05, 0.1) is 6.10 Å². The Balaban J connectivity index is 2.08. The molecule has 0 aliphatic carbocycles. The van der Waals surface area contributed by atoms with Gasteiger partial charge in [0, 0.05) is 15.0 Å². The Bertz CT molecular complexity index is 479. The van der Waals surface area contributed by atoms with E-state index in [1.165, 1.54) is 3.57 Å². The molecule has 0 amide bonds. The van der Waals surface area contributed by atoms with Gasteiger partial charge in [0.1, 0.15) is 0 Å². The van der Waals surface area contributed by atoms with Gasteiger partial charge in [0.25, 0.3) is 0 Å². The molecule has 0 aromatic heterocycles. The summed E-state index contributed by atoms with van der Waals surface area (Å²) in [4.78, 5) is 0. The van der Waals surface area contributed by atoms with E-state index in [9.17, 15) is 5.11 Å². The fraction of sp³-hybridized carbons (Fsp3) is 0.143. The molecule has 1 N–H and O–H groups in total. The summed E-state index contributed by atoms with van der Waals surface area (Å²) in [6, 6.07) is 15.5. The first-order valence-corrected chi connectivity index (χ1v) is 6.79. The van der Waals surface area contributed by atoms with Gasteiger partial charge in [-0.05, 0) is 58.0 Å². The summed E-state index contributed by atoms with van der Waals surface area (Å²) in [7, 11) is 0. The second-order valence-electron chi connectivity index (χ2n) is 3.90. The molecule has 0 aliphatic rings. The average molecular weight is 359 g/mol. The van der Waals surface area contributed by atoms with Gasteiger partial charge in [-0.15, -0.1) is 0 Å². The van der Waals surface area contributed by atoms with Gasteiger partial charge >= 0.3 is 0 Å². The highest BCUT2D eigenvalue weighted by atomic mass is 127. The molecule has 0 spiro atoms. The van der Waals surface area contributed by atoms with Gasteiger partial charge in [-0.3, -0.25) is 0 Å². The minimum absolute atomic E-state index is 0.465. The van der Waals surface area contributed by atoms with Gasteiger partial charge < -0.3 is 5.11 Å². The molecule has 0 saturated carbocycles. The van der Waals surface area contributed by atoms with Crippen molar-refractivity contribution in [1.29, 1.82) is 0 Å². The molecule has 2 rings (SSSR count). The first-order valence-electron chi connectivity index (χ1n) is 5.33. The molecule has 0 bridgehead atoms. The molecule has 2 aromatic carbocycles. The predicted molar refractivity (Wildman–Crippen MR) is 79.3 cm³/mol. The molecule has 0 radical (unpaired) electrons. The average Bonchev–Trinajstić information content (AvgIpc) is 2.33. The molecule has 1 unspecified atom stereocenters. The fourth-order valence-corrected chi connectivity index (χ4v) is 2.13. The van der Waals surface area contributed by atoms with Crippen LogP contribution in [0.3, 0.4) is 0 Å². The number of benzene rings is 2. The van der Waals surface area contributed by atoms with Crippen molar-refractivity contribution in [2.24, 2.45) is 0 Å². The van der Waals surface area contributed by atoms with E-state index in [1.54, 1.807) is 0 Å². The quantitative estimate of drug-likeness (QED) is 0.815. The van der Waals surface area contributed by atoms with Crippen molar-refractivity contribution >= 4 is 34.2 Å². The van der Waals surface area contributed by atoms with Crippen LogP contribution in [0.2, 0.25) is 5.02 Å². The third kappa shape index (κ3) is 3.69. The Morgan fingerprint density at radius 1 is 1.00 bits per heavy atom. The summed E-state index contributed by atoms with van der Waals surface area (Å²) in [5.41, 5.74) is 2.03. The number of hydrogen-bond donors (Lipinski definition) is 1. The van der Waals surface area contributed by atoms with Crippen LogP contribution in [0.5, 0.6) is 0 Å². The highest BCUT2D eigenvalue weighted by Gasteiger charge is 2.08. The van der Waals surface area contributed by atoms with Crippen LogP contribution < -0.4 is 0 Å². The maximum absolute atomic E-state index is 10.1. The monoisotopic (exact) mass is 358 g/mol. The van der Waals surface area contributed by atoms with Gasteiger partial charge in [0.15, 0.2) is 0 Å². The lowest BCUT2D eigenvalue weighted by atomic mass is 10.0. The lowest BCUT2D eigenvalue weighted by Gasteiger charge is -2.11. The zero-order valence-corrected chi connectivity index (χ0v) is 12.0. The number of aliphatic hydroxyl groups excluding tert-OH is 1. The van der Waals surface area contributed by atoms with Crippen LogP contribution in [0.4, 0.5) is 0 Å². The minimum atomic E-state index is -0.465. The third-order valence-electron chi connectivity index (χ3n) is 2.60. The van der Waals surface area contributed by atoms with E-state index >= 15 is 0 Å². The molecule has 0 heterocycles. The molecule has 0 aliphatic heterocycles. The summed E-state index contributed by atoms with van der Waals surface area (Å²) in [6.45, 7) is 0. The number of rotatable bonds is 3. The Kier molecular flexibility index (Phi) is 4.42. The molecule has 3 heteroatoms. The normalized spacial score (nSPS) is 12.4. The van der Waals surface area contributed by atoms with Crippen LogP contribution in [-0.4, -0.2) is 5.11 Å². The lowest BCUT2D eigenvalue weighted by molar-refractivity contribution is 0.178. The molecule has 88 valence electrons. The second kappa shape index (κ2) is 5.85. The molecule has 1 nitrogen and oxygen atoms in total. The summed E-state index contributed by atoms with van der Waals surface area (Å²) >= 11 is 8.07. The summed E-state index contributed by atoms with van der Waals surface area (Å²) in [5, 5.41) is 10.8. The molecular formula is C14H12ClIO. The Morgan fingerprint density at radius 3 is 2.18 bits per heavy atom. The van der Waals surface area contributed by atoms with Crippen LogP contribution >= 0.6 is 34.2 Å². The second-order valence-corrected chi connectivity index (χ2v) is 5.58. The van der Waals surface area contributed by atoms with Crippen molar-refractivity contribution in [3.05, 3.63) is 68.3 Å². The summed E-state index contributed by atoms with van der Waals surface area (Å²) < 4.78 is 1.17. The van der Waals surface area contributed by atoms with Crippen molar-refractivity contribution in [2.75, 3.05) is 0 Å². The molecule has 0 fully saturated rings. The van der Waals surface area contributed by atoms with E-state index in [0.717, 1.165) is 16.1 Å². The standard InChI is InChI=1S/C14H12ClIO/c15-12-5-1-10(2-6-12)9-14(17)11-3-7-13(16)8-4-11/h1-8,14,17H,9H2. The third-order valence-corrected chi connectivity index (χ3v) is 3.57. The smallest absolute Gasteiger partial charge is 0.0830 e. The zero-order valence-electron chi connectivity index (χ0n) is 9.11. The van der Waals surface area contributed by atoms with E-state index in [-0.39, 0.29) is 0 Å². The lowest BCUT2D eigenvalue weighted by Crippen LogP contribution is -2.01. The topological polar surface area (TPSA) is 20.2 Å². The van der Waals surface area contributed by atoms with Crippen molar-refractivity contribution in [1.82, 2.24) is 0 Å². The predicted octanol–water partition coefficient (Wildman–Crippen LogP) is 4.22. The van der Waals surface area contributed by atoms with Crippen molar-refractivity contribution < 1.29 is 5.11 Å². The van der Waals surface area contributed by atoms with Gasteiger partial charge in [0.2, 0.25) is 0 Å². The largest absolute Gasteiger partial charge is 0.388 e. The minimum Gasteiger partial charge on any atom is -0.388 e. The number of aliphatic hydroxyl groups is 1. The number of hydrogen-bond acceptors (Lipinski definition) is 1. The van der Waals surface area contributed by atoms with Crippen LogP contribution in [0, 0.1) is 3.57 Å². The van der Waals surface area contributed by atoms with E-state index in [1.807, 2.05) is 48.5 Å². The van der Waals surface area contributed by atoms with E-state index in [4.69, 9.17) is 11.6 Å².